The van der Waals surface area contributed by atoms with Gasteiger partial charge in [0.15, 0.2) is 5.82 Å². The van der Waals surface area contributed by atoms with Gasteiger partial charge in [0.25, 0.3) is 0 Å². The SMILES string of the molecule is Cn1cnc(CNCc2cccc(Br)c2O)n1. The summed E-state index contributed by atoms with van der Waals surface area (Å²) in [7, 11) is 1.83. The van der Waals surface area contributed by atoms with Gasteiger partial charge in [-0.2, -0.15) is 5.10 Å². The number of aromatic hydroxyl groups is 1. The van der Waals surface area contributed by atoms with E-state index in [2.05, 4.69) is 31.3 Å². The number of aryl methyl sites for hydroxylation is 1. The Balaban J connectivity index is 1.92. The van der Waals surface area contributed by atoms with Crippen molar-refractivity contribution in [2.24, 2.45) is 7.05 Å². The first kappa shape index (κ1) is 12.1. The van der Waals surface area contributed by atoms with Gasteiger partial charge in [0.05, 0.1) is 11.0 Å². The van der Waals surface area contributed by atoms with Crippen molar-refractivity contribution >= 4 is 15.9 Å². The molecule has 2 N–H and O–H groups in total. The minimum absolute atomic E-state index is 0.272. The Hall–Kier alpha value is -1.40. The molecule has 17 heavy (non-hydrogen) atoms. The maximum absolute atomic E-state index is 9.78. The van der Waals surface area contributed by atoms with E-state index in [1.165, 1.54) is 0 Å². The van der Waals surface area contributed by atoms with Crippen LogP contribution in [0.3, 0.4) is 0 Å². The van der Waals surface area contributed by atoms with Crippen LogP contribution in [0.25, 0.3) is 0 Å². The van der Waals surface area contributed by atoms with Gasteiger partial charge >= 0.3 is 0 Å². The highest BCUT2D eigenvalue weighted by atomic mass is 79.9. The van der Waals surface area contributed by atoms with E-state index in [-0.39, 0.29) is 5.75 Å². The molecule has 1 aromatic carbocycles. The fraction of sp³-hybridized carbons (Fsp3) is 0.273. The van der Waals surface area contributed by atoms with Crippen LogP contribution in [0, 0.1) is 0 Å². The van der Waals surface area contributed by atoms with Crippen molar-refractivity contribution in [1.29, 1.82) is 0 Å². The summed E-state index contributed by atoms with van der Waals surface area (Å²) in [4.78, 5) is 4.10. The van der Waals surface area contributed by atoms with Crippen LogP contribution in [0.1, 0.15) is 11.4 Å². The maximum Gasteiger partial charge on any atom is 0.164 e. The van der Waals surface area contributed by atoms with Gasteiger partial charge in [-0.1, -0.05) is 12.1 Å². The lowest BCUT2D eigenvalue weighted by molar-refractivity contribution is 0.460. The summed E-state index contributed by atoms with van der Waals surface area (Å²) in [5, 5.41) is 17.1. The molecule has 0 bridgehead atoms. The topological polar surface area (TPSA) is 63.0 Å². The first-order chi connectivity index (χ1) is 8.16. The predicted molar refractivity (Wildman–Crippen MR) is 67.4 cm³/mol. The molecule has 0 aliphatic heterocycles. The van der Waals surface area contributed by atoms with E-state index in [1.807, 2.05) is 19.2 Å². The minimum atomic E-state index is 0.272. The zero-order chi connectivity index (χ0) is 12.3. The minimum Gasteiger partial charge on any atom is -0.506 e. The number of nitrogens with one attached hydrogen (secondary N) is 1. The molecule has 0 amide bonds. The molecule has 5 nitrogen and oxygen atoms in total. The Morgan fingerprint density at radius 2 is 2.24 bits per heavy atom. The highest BCUT2D eigenvalue weighted by molar-refractivity contribution is 9.10. The van der Waals surface area contributed by atoms with Gasteiger partial charge in [0.2, 0.25) is 0 Å². The Kier molecular flexibility index (Phi) is 3.75. The molecule has 0 radical (unpaired) electrons. The van der Waals surface area contributed by atoms with Crippen molar-refractivity contribution in [3.63, 3.8) is 0 Å². The third-order valence-corrected chi connectivity index (χ3v) is 2.96. The van der Waals surface area contributed by atoms with Gasteiger partial charge in [-0.15, -0.1) is 0 Å². The largest absolute Gasteiger partial charge is 0.506 e. The highest BCUT2D eigenvalue weighted by Gasteiger charge is 2.04. The second-order valence-corrected chi connectivity index (χ2v) is 4.54. The average Bonchev–Trinajstić information content (AvgIpc) is 2.70. The molecule has 0 saturated carbocycles. The third-order valence-electron chi connectivity index (χ3n) is 2.32. The van der Waals surface area contributed by atoms with Crippen molar-refractivity contribution in [3.8, 4) is 5.75 Å². The number of phenolic OH excluding ortho intramolecular Hbond substituents is 1. The van der Waals surface area contributed by atoms with E-state index >= 15 is 0 Å². The monoisotopic (exact) mass is 296 g/mol. The van der Waals surface area contributed by atoms with Crippen LogP contribution in [0.5, 0.6) is 5.75 Å². The summed E-state index contributed by atoms with van der Waals surface area (Å²) < 4.78 is 2.36. The number of halogens is 1. The zero-order valence-electron chi connectivity index (χ0n) is 9.39. The van der Waals surface area contributed by atoms with E-state index in [9.17, 15) is 5.11 Å². The molecule has 0 saturated heterocycles. The summed E-state index contributed by atoms with van der Waals surface area (Å²) in [5.74, 6) is 1.01. The van der Waals surface area contributed by atoms with E-state index in [0.29, 0.717) is 17.6 Å². The molecule has 1 aromatic heterocycles. The lowest BCUT2D eigenvalue weighted by Gasteiger charge is -2.06. The van der Waals surface area contributed by atoms with Gasteiger partial charge in [-0.05, 0) is 22.0 Å². The Morgan fingerprint density at radius 1 is 1.41 bits per heavy atom. The number of phenols is 1. The van der Waals surface area contributed by atoms with Crippen LogP contribution in [-0.2, 0) is 20.1 Å². The smallest absolute Gasteiger partial charge is 0.164 e. The lowest BCUT2D eigenvalue weighted by Crippen LogP contribution is -2.14. The summed E-state index contributed by atoms with van der Waals surface area (Å²) in [6, 6.07) is 5.57. The molecular weight excluding hydrogens is 284 g/mol. The molecule has 0 unspecified atom stereocenters. The van der Waals surface area contributed by atoms with Gasteiger partial charge in [0.1, 0.15) is 12.1 Å². The van der Waals surface area contributed by atoms with Crippen LogP contribution in [0.15, 0.2) is 29.0 Å². The van der Waals surface area contributed by atoms with Crippen LogP contribution < -0.4 is 5.32 Å². The maximum atomic E-state index is 9.78. The number of rotatable bonds is 4. The van der Waals surface area contributed by atoms with Crippen molar-refractivity contribution in [3.05, 3.63) is 40.4 Å². The van der Waals surface area contributed by atoms with Crippen LogP contribution >= 0.6 is 15.9 Å². The molecule has 0 atom stereocenters. The molecule has 0 spiro atoms. The standard InChI is InChI=1S/C11H13BrN4O/c1-16-7-14-10(15-16)6-13-5-8-3-2-4-9(12)11(8)17/h2-4,7,13,17H,5-6H2,1H3. The summed E-state index contributed by atoms with van der Waals surface area (Å²) in [5.41, 5.74) is 0.843. The van der Waals surface area contributed by atoms with Crippen LogP contribution in [-0.4, -0.2) is 19.9 Å². The molecule has 2 rings (SSSR count). The highest BCUT2D eigenvalue weighted by Crippen LogP contribution is 2.27. The lowest BCUT2D eigenvalue weighted by atomic mass is 10.2. The summed E-state index contributed by atoms with van der Waals surface area (Å²) in [6.45, 7) is 1.15. The molecule has 0 aliphatic carbocycles. The Labute approximate surface area is 108 Å². The number of hydrogen-bond acceptors (Lipinski definition) is 4. The van der Waals surface area contributed by atoms with Crippen molar-refractivity contribution in [2.75, 3.05) is 0 Å². The zero-order valence-corrected chi connectivity index (χ0v) is 11.0. The van der Waals surface area contributed by atoms with Gasteiger partial charge < -0.3 is 10.4 Å². The second-order valence-electron chi connectivity index (χ2n) is 3.69. The molecule has 0 aliphatic rings. The number of nitrogens with zero attached hydrogens (tertiary/aromatic N) is 3. The first-order valence-electron chi connectivity index (χ1n) is 5.18. The third kappa shape index (κ3) is 3.04. The molecule has 1 heterocycles. The number of aromatic nitrogens is 3. The first-order valence-corrected chi connectivity index (χ1v) is 5.97. The Morgan fingerprint density at radius 3 is 2.94 bits per heavy atom. The van der Waals surface area contributed by atoms with Crippen molar-refractivity contribution in [1.82, 2.24) is 20.1 Å². The Bertz CT molecular complexity index is 512. The van der Waals surface area contributed by atoms with Crippen LogP contribution in [0.2, 0.25) is 0 Å². The number of para-hydroxylation sites is 1. The van der Waals surface area contributed by atoms with E-state index < -0.39 is 0 Å². The van der Waals surface area contributed by atoms with E-state index in [1.54, 1.807) is 17.1 Å². The quantitative estimate of drug-likeness (QED) is 0.899. The second kappa shape index (κ2) is 5.29. The number of benzene rings is 1. The summed E-state index contributed by atoms with van der Waals surface area (Å²) >= 11 is 3.28. The average molecular weight is 297 g/mol. The van der Waals surface area contributed by atoms with Crippen LogP contribution in [0.4, 0.5) is 0 Å². The molecule has 6 heteroatoms. The van der Waals surface area contributed by atoms with Crippen molar-refractivity contribution < 1.29 is 5.11 Å². The van der Waals surface area contributed by atoms with E-state index in [0.717, 1.165) is 11.4 Å². The summed E-state index contributed by atoms with van der Waals surface area (Å²) in [6.07, 6.45) is 1.66. The predicted octanol–water partition coefficient (Wildman–Crippen LogP) is 1.57. The number of hydrogen-bond donors (Lipinski definition) is 2. The van der Waals surface area contributed by atoms with Gasteiger partial charge in [0, 0.05) is 19.2 Å². The van der Waals surface area contributed by atoms with E-state index in [4.69, 9.17) is 0 Å². The molecule has 0 fully saturated rings. The molecule has 2 aromatic rings. The van der Waals surface area contributed by atoms with Gasteiger partial charge in [-0.25, -0.2) is 4.98 Å². The molecule has 90 valence electrons. The van der Waals surface area contributed by atoms with Crippen molar-refractivity contribution in [2.45, 2.75) is 13.1 Å². The fourth-order valence-corrected chi connectivity index (χ4v) is 1.88. The normalized spacial score (nSPS) is 10.7. The molecular formula is C11H13BrN4O. The van der Waals surface area contributed by atoms with Gasteiger partial charge in [-0.3, -0.25) is 4.68 Å². The fourth-order valence-electron chi connectivity index (χ4n) is 1.48.